The topological polar surface area (TPSA) is 104 Å². The zero-order chi connectivity index (χ0) is 68.8. The Labute approximate surface area is 602 Å². The highest BCUT2D eigenvalue weighted by Gasteiger charge is 2.51. The summed E-state index contributed by atoms with van der Waals surface area (Å²) in [5, 5.41) is 11.1. The predicted octanol–water partition coefficient (Wildman–Crippen LogP) is 24.7. The van der Waals surface area contributed by atoms with Gasteiger partial charge >= 0.3 is 0 Å². The molecule has 0 amide bonds. The van der Waals surface area contributed by atoms with E-state index in [1.165, 1.54) is 76.8 Å². The molecule has 4 aromatic heterocycles. The van der Waals surface area contributed by atoms with Crippen molar-refractivity contribution in [3.63, 3.8) is 0 Å². The van der Waals surface area contributed by atoms with Crippen LogP contribution < -0.4 is 0 Å². The van der Waals surface area contributed by atoms with E-state index < -0.39 is 5.41 Å². The minimum Gasteiger partial charge on any atom is -0.455 e. The second kappa shape index (κ2) is 23.0. The molecule has 0 aliphatic heterocycles. The predicted molar refractivity (Wildman–Crippen MR) is 426 cm³/mol. The zero-order valence-electron chi connectivity index (χ0n) is 56.3. The molecule has 105 heavy (non-hydrogen) atoms. The maximum Gasteiger partial charge on any atom is 0.167 e. The first-order valence-electron chi connectivity index (χ1n) is 35.6. The third kappa shape index (κ3) is 8.93. The van der Waals surface area contributed by atoms with Crippen LogP contribution in [0.2, 0.25) is 0 Å². The van der Waals surface area contributed by atoms with E-state index in [1.54, 1.807) is 0 Å². The first kappa shape index (κ1) is 58.7. The van der Waals surface area contributed by atoms with Gasteiger partial charge in [0.05, 0.1) is 16.5 Å². The highest BCUT2D eigenvalue weighted by atomic mass is 16.3. The molecule has 8 nitrogen and oxygen atoms in total. The van der Waals surface area contributed by atoms with E-state index in [9.17, 15) is 0 Å². The van der Waals surface area contributed by atoms with E-state index in [2.05, 4.69) is 255 Å². The Balaban J connectivity index is 0.614. The number of furan rings is 2. The lowest BCUT2D eigenvalue weighted by Gasteiger charge is -2.30. The summed E-state index contributed by atoms with van der Waals surface area (Å²) < 4.78 is 13.9. The van der Waals surface area contributed by atoms with Gasteiger partial charge < -0.3 is 8.83 Å². The maximum absolute atomic E-state index is 7.05. The van der Waals surface area contributed by atoms with Gasteiger partial charge in [-0.05, 0) is 153 Å². The van der Waals surface area contributed by atoms with Crippen molar-refractivity contribution in [3.8, 4) is 124 Å². The Kier molecular flexibility index (Phi) is 12.8. The fourth-order valence-electron chi connectivity index (χ4n) is 17.2. The summed E-state index contributed by atoms with van der Waals surface area (Å²) in [6.07, 6.45) is 0. The number of hydrogen-bond acceptors (Lipinski definition) is 8. The first-order valence-corrected chi connectivity index (χ1v) is 35.6. The van der Waals surface area contributed by atoms with Crippen molar-refractivity contribution >= 4 is 76.2 Å². The quantitative estimate of drug-likeness (QED) is 0.132. The average Bonchev–Trinajstić information content (AvgIpc) is 1.50. The number of fused-ring (bicyclic) bond motifs is 22. The molecule has 0 saturated heterocycles. The van der Waals surface area contributed by atoms with Gasteiger partial charge in [0.15, 0.2) is 34.9 Å². The second-order valence-corrected chi connectivity index (χ2v) is 27.4. The van der Waals surface area contributed by atoms with Crippen LogP contribution in [0.5, 0.6) is 0 Å². The van der Waals surface area contributed by atoms with Crippen LogP contribution in [0, 0.1) is 0 Å². The molecule has 16 aromatic carbocycles. The molecule has 20 aromatic rings. The molecular formula is C97H56N6O2. The van der Waals surface area contributed by atoms with E-state index in [0.29, 0.717) is 34.9 Å². The average molecular weight is 1340 g/mol. The highest BCUT2D eigenvalue weighted by Crippen LogP contribution is 2.63. The van der Waals surface area contributed by atoms with Crippen molar-refractivity contribution in [1.29, 1.82) is 0 Å². The Hall–Kier alpha value is -14.1. The first-order chi connectivity index (χ1) is 52.0. The summed E-state index contributed by atoms with van der Waals surface area (Å²) in [5.74, 6) is 3.41. The third-order valence-electron chi connectivity index (χ3n) is 21.8. The molecule has 0 unspecified atom stereocenters. The molecule has 22 rings (SSSR count). The lowest BCUT2D eigenvalue weighted by molar-refractivity contribution is 0.669. The van der Waals surface area contributed by atoms with Crippen LogP contribution in [0.3, 0.4) is 0 Å². The number of aromatic nitrogens is 6. The van der Waals surface area contributed by atoms with E-state index in [4.69, 9.17) is 38.7 Å². The summed E-state index contributed by atoms with van der Waals surface area (Å²) in [7, 11) is 0. The molecule has 4 heterocycles. The molecule has 0 atom stereocenters. The highest BCUT2D eigenvalue weighted by molar-refractivity contribution is 6.27. The van der Waals surface area contributed by atoms with Gasteiger partial charge in [0, 0.05) is 43.8 Å². The molecule has 0 bridgehead atoms. The fraction of sp³-hybridized carbons (Fsp3) is 0.0103. The van der Waals surface area contributed by atoms with Crippen molar-refractivity contribution in [1.82, 2.24) is 29.9 Å². The molecule has 0 radical (unpaired) electrons. The van der Waals surface area contributed by atoms with Gasteiger partial charge in [0.25, 0.3) is 0 Å². The summed E-state index contributed by atoms with van der Waals surface area (Å²) in [6.45, 7) is 0. The summed E-state index contributed by atoms with van der Waals surface area (Å²) >= 11 is 0. The standard InChI is InChI=1S/C97H56N6O2/c1-4-22-58(23-5-1)91-98-92(59-24-6-2-7-25-59)101-95(100-91)77-37-18-35-75-87-65(33-20-42-85(87)104-89(75)77)63-49-52-70-69-51-48-62(54-79(69)67-28-10-11-29-68(67)80(70)55-63)57-44-46-61(47-45-57)94-99-93(60-26-8-3-9-27-60)102-96(103-94)78-38-19-36-76-88-66(34-21-43-86(88)105-90(76)78)64-50-53-74-73-32-14-17-41-83(73)97(84(74)56-64)81-39-15-12-30-71(81)72-31-13-16-40-82(72)97/h1-56H. The molecule has 0 N–H and O–H groups in total. The van der Waals surface area contributed by atoms with Gasteiger partial charge in [-0.15, -0.1) is 0 Å². The van der Waals surface area contributed by atoms with Crippen molar-refractivity contribution in [2.45, 2.75) is 5.41 Å². The number of para-hydroxylation sites is 2. The molecule has 486 valence electrons. The van der Waals surface area contributed by atoms with Crippen LogP contribution in [0.25, 0.3) is 200 Å². The van der Waals surface area contributed by atoms with E-state index in [-0.39, 0.29) is 0 Å². The monoisotopic (exact) mass is 1340 g/mol. The molecular weight excluding hydrogens is 1280 g/mol. The van der Waals surface area contributed by atoms with Gasteiger partial charge in [-0.3, -0.25) is 0 Å². The molecule has 8 heteroatoms. The normalized spacial score (nSPS) is 12.6. The van der Waals surface area contributed by atoms with Crippen LogP contribution in [0.15, 0.2) is 349 Å². The van der Waals surface area contributed by atoms with Crippen LogP contribution in [-0.2, 0) is 5.41 Å². The van der Waals surface area contributed by atoms with Gasteiger partial charge in [0.2, 0.25) is 0 Å². The Morgan fingerprint density at radius 2 is 0.495 bits per heavy atom. The largest absolute Gasteiger partial charge is 0.455 e. The molecule has 1 spiro atoms. The Morgan fingerprint density at radius 1 is 0.181 bits per heavy atom. The lowest BCUT2D eigenvalue weighted by atomic mass is 9.70. The van der Waals surface area contributed by atoms with Crippen LogP contribution in [-0.4, -0.2) is 29.9 Å². The van der Waals surface area contributed by atoms with E-state index >= 15 is 0 Å². The van der Waals surface area contributed by atoms with Gasteiger partial charge in [-0.1, -0.05) is 297 Å². The van der Waals surface area contributed by atoms with Crippen molar-refractivity contribution in [3.05, 3.63) is 362 Å². The number of nitrogens with zero attached hydrogens (tertiary/aromatic N) is 6. The number of rotatable bonds is 9. The number of benzene rings is 16. The van der Waals surface area contributed by atoms with E-state index in [1.807, 2.05) is 84.9 Å². The molecule has 0 fully saturated rings. The van der Waals surface area contributed by atoms with Crippen molar-refractivity contribution in [2.24, 2.45) is 0 Å². The zero-order valence-corrected chi connectivity index (χ0v) is 56.3. The summed E-state index contributed by atoms with van der Waals surface area (Å²) in [6, 6.07) is 121. The SMILES string of the molecule is c1ccc(-c2nc(-c3ccc(-c4ccc5c6ccc(-c7cccc8oc9c(-c%10nc(-c%11ccccc%11)nc(-c%11ccccc%11)n%10)cccc9c78)cc6c6ccccc6c5c4)cc3)nc(-c3cccc4c3oc3cccc(-c5ccc6c(c5)C5(c7ccccc7-c7ccccc75)c5ccccc5-6)c34)n2)cc1. The maximum atomic E-state index is 7.05. The van der Waals surface area contributed by atoms with Gasteiger partial charge in [-0.25, -0.2) is 29.9 Å². The third-order valence-corrected chi connectivity index (χ3v) is 21.8. The second-order valence-electron chi connectivity index (χ2n) is 27.4. The minimum absolute atomic E-state index is 0.466. The molecule has 2 aliphatic rings. The Morgan fingerprint density at radius 3 is 0.971 bits per heavy atom. The molecule has 2 aliphatic carbocycles. The van der Waals surface area contributed by atoms with Crippen molar-refractivity contribution < 1.29 is 8.83 Å². The van der Waals surface area contributed by atoms with E-state index in [0.717, 1.165) is 111 Å². The van der Waals surface area contributed by atoms with Crippen LogP contribution in [0.4, 0.5) is 0 Å². The summed E-state index contributed by atoms with van der Waals surface area (Å²) in [5.41, 5.74) is 24.7. The number of hydrogen-bond donors (Lipinski definition) is 0. The molecule has 0 saturated carbocycles. The van der Waals surface area contributed by atoms with Crippen LogP contribution in [0.1, 0.15) is 22.3 Å². The summed E-state index contributed by atoms with van der Waals surface area (Å²) in [4.78, 5) is 31.0. The van der Waals surface area contributed by atoms with Crippen LogP contribution >= 0.6 is 0 Å². The smallest absolute Gasteiger partial charge is 0.167 e. The minimum atomic E-state index is -0.466. The lowest BCUT2D eigenvalue weighted by Crippen LogP contribution is -2.25. The van der Waals surface area contributed by atoms with Gasteiger partial charge in [-0.2, -0.15) is 0 Å². The fourth-order valence-corrected chi connectivity index (χ4v) is 17.2. The van der Waals surface area contributed by atoms with Gasteiger partial charge in [0.1, 0.15) is 22.3 Å². The van der Waals surface area contributed by atoms with Crippen molar-refractivity contribution in [2.75, 3.05) is 0 Å². The Bertz CT molecular complexity index is 6880.